The molecule has 0 radical (unpaired) electrons. The lowest BCUT2D eigenvalue weighted by Gasteiger charge is -2.22. The van der Waals surface area contributed by atoms with Crippen molar-refractivity contribution < 1.29 is 14.3 Å². The van der Waals surface area contributed by atoms with Crippen molar-refractivity contribution in [2.45, 2.75) is 31.3 Å². The van der Waals surface area contributed by atoms with Crippen molar-refractivity contribution in [3.8, 4) is 0 Å². The van der Waals surface area contributed by atoms with E-state index in [1.807, 2.05) is 13.0 Å². The molecule has 0 spiro atoms. The van der Waals surface area contributed by atoms with Gasteiger partial charge in [-0.1, -0.05) is 19.1 Å². The van der Waals surface area contributed by atoms with Crippen molar-refractivity contribution in [2.24, 2.45) is 0 Å². The van der Waals surface area contributed by atoms with Gasteiger partial charge in [0.25, 0.3) is 0 Å². The molecule has 0 aliphatic carbocycles. The Kier molecular flexibility index (Phi) is 5.05. The molecule has 2 rings (SSSR count). The average Bonchev–Trinajstić information content (AvgIpc) is 2.84. The standard InChI is InChI=1S/C15H20FNO2S/c1-11(12-3-2-4-13(16)8-12)7-14(18)17-9-15(19)5-6-20-10-15/h2-4,8,11,19H,5-7,9-10H2,1H3,(H,17,18). The zero-order valence-corrected chi connectivity index (χ0v) is 12.4. The first-order valence-electron chi connectivity index (χ1n) is 6.81. The molecule has 1 aliphatic heterocycles. The Hall–Kier alpha value is -1.07. The molecule has 110 valence electrons. The number of amides is 1. The maximum Gasteiger partial charge on any atom is 0.220 e. The quantitative estimate of drug-likeness (QED) is 0.877. The van der Waals surface area contributed by atoms with Crippen LogP contribution in [0.4, 0.5) is 4.39 Å². The monoisotopic (exact) mass is 297 g/mol. The van der Waals surface area contributed by atoms with Crippen molar-refractivity contribution >= 4 is 17.7 Å². The Morgan fingerprint density at radius 1 is 1.60 bits per heavy atom. The smallest absolute Gasteiger partial charge is 0.220 e. The molecule has 1 fully saturated rings. The Morgan fingerprint density at radius 2 is 2.40 bits per heavy atom. The minimum Gasteiger partial charge on any atom is -0.387 e. The number of halogens is 1. The third kappa shape index (κ3) is 4.21. The highest BCUT2D eigenvalue weighted by Gasteiger charge is 2.32. The Bertz CT molecular complexity index is 475. The fraction of sp³-hybridized carbons (Fsp3) is 0.533. The maximum atomic E-state index is 13.1. The number of carbonyl (C=O) groups is 1. The molecular formula is C15H20FNO2S. The third-order valence-electron chi connectivity index (χ3n) is 3.61. The second-order valence-electron chi connectivity index (χ2n) is 5.46. The van der Waals surface area contributed by atoms with Gasteiger partial charge in [-0.25, -0.2) is 4.39 Å². The van der Waals surface area contributed by atoms with Crippen LogP contribution >= 0.6 is 11.8 Å². The number of hydrogen-bond acceptors (Lipinski definition) is 3. The van der Waals surface area contributed by atoms with Crippen LogP contribution in [0.2, 0.25) is 0 Å². The number of rotatable bonds is 5. The molecule has 1 amide bonds. The van der Waals surface area contributed by atoms with Gasteiger partial charge in [0.1, 0.15) is 5.82 Å². The number of benzene rings is 1. The minimum atomic E-state index is -0.761. The molecule has 0 saturated carbocycles. The van der Waals surface area contributed by atoms with Gasteiger partial charge in [0, 0.05) is 18.7 Å². The molecular weight excluding hydrogens is 277 g/mol. The normalized spacial score (nSPS) is 23.6. The highest BCUT2D eigenvalue weighted by molar-refractivity contribution is 7.99. The van der Waals surface area contributed by atoms with Gasteiger partial charge in [-0.2, -0.15) is 11.8 Å². The van der Waals surface area contributed by atoms with E-state index in [2.05, 4.69) is 5.32 Å². The summed E-state index contributed by atoms with van der Waals surface area (Å²) < 4.78 is 13.1. The molecule has 20 heavy (non-hydrogen) atoms. The van der Waals surface area contributed by atoms with E-state index >= 15 is 0 Å². The van der Waals surface area contributed by atoms with Crippen LogP contribution in [0.1, 0.15) is 31.2 Å². The van der Waals surface area contributed by atoms with E-state index < -0.39 is 5.60 Å². The molecule has 1 aromatic rings. The van der Waals surface area contributed by atoms with E-state index in [0.29, 0.717) is 18.7 Å². The van der Waals surface area contributed by atoms with Gasteiger partial charge in [0.15, 0.2) is 0 Å². The number of thioether (sulfide) groups is 1. The zero-order valence-electron chi connectivity index (χ0n) is 11.6. The Labute approximate surface area is 123 Å². The lowest BCUT2D eigenvalue weighted by molar-refractivity contribution is -0.122. The lowest BCUT2D eigenvalue weighted by atomic mass is 9.97. The first-order valence-corrected chi connectivity index (χ1v) is 7.96. The molecule has 1 saturated heterocycles. The van der Waals surface area contributed by atoms with E-state index in [1.54, 1.807) is 17.8 Å². The SMILES string of the molecule is CC(CC(=O)NCC1(O)CCSC1)c1cccc(F)c1. The number of hydrogen-bond donors (Lipinski definition) is 2. The van der Waals surface area contributed by atoms with Gasteiger partial charge in [0.2, 0.25) is 5.91 Å². The van der Waals surface area contributed by atoms with E-state index in [0.717, 1.165) is 17.7 Å². The predicted molar refractivity (Wildman–Crippen MR) is 79.3 cm³/mol. The first kappa shape index (κ1) is 15.3. The molecule has 5 heteroatoms. The van der Waals surface area contributed by atoms with Crippen LogP contribution in [0.15, 0.2) is 24.3 Å². The van der Waals surface area contributed by atoms with Gasteiger partial charge in [0.05, 0.1) is 5.60 Å². The molecule has 2 atom stereocenters. The maximum absolute atomic E-state index is 13.1. The van der Waals surface area contributed by atoms with Gasteiger partial charge in [-0.15, -0.1) is 0 Å². The van der Waals surface area contributed by atoms with Crippen molar-refractivity contribution in [1.82, 2.24) is 5.32 Å². The summed E-state index contributed by atoms with van der Waals surface area (Å²) in [7, 11) is 0. The zero-order chi connectivity index (χ0) is 14.6. The highest BCUT2D eigenvalue weighted by Crippen LogP contribution is 2.27. The van der Waals surface area contributed by atoms with Crippen LogP contribution in [0.25, 0.3) is 0 Å². The number of nitrogens with one attached hydrogen (secondary N) is 1. The number of aliphatic hydroxyl groups is 1. The lowest BCUT2D eigenvalue weighted by Crippen LogP contribution is -2.43. The second-order valence-corrected chi connectivity index (χ2v) is 6.57. The van der Waals surface area contributed by atoms with Crippen LogP contribution in [-0.4, -0.2) is 34.7 Å². The topological polar surface area (TPSA) is 49.3 Å². The van der Waals surface area contributed by atoms with Crippen LogP contribution in [0.3, 0.4) is 0 Å². The molecule has 2 N–H and O–H groups in total. The van der Waals surface area contributed by atoms with Gasteiger partial charge < -0.3 is 10.4 Å². The van der Waals surface area contributed by atoms with Gasteiger partial charge in [-0.05, 0) is 35.8 Å². The summed E-state index contributed by atoms with van der Waals surface area (Å²) in [6, 6.07) is 6.32. The van der Waals surface area contributed by atoms with Crippen molar-refractivity contribution in [3.63, 3.8) is 0 Å². The summed E-state index contributed by atoms with van der Waals surface area (Å²) in [5, 5.41) is 12.9. The fourth-order valence-electron chi connectivity index (χ4n) is 2.28. The van der Waals surface area contributed by atoms with E-state index in [1.165, 1.54) is 12.1 Å². The van der Waals surface area contributed by atoms with Crippen LogP contribution < -0.4 is 5.32 Å². The largest absolute Gasteiger partial charge is 0.387 e. The molecule has 3 nitrogen and oxygen atoms in total. The van der Waals surface area contributed by atoms with Gasteiger partial charge >= 0.3 is 0 Å². The van der Waals surface area contributed by atoms with Gasteiger partial charge in [-0.3, -0.25) is 4.79 Å². The molecule has 0 bridgehead atoms. The van der Waals surface area contributed by atoms with Crippen LogP contribution in [-0.2, 0) is 4.79 Å². The molecule has 1 heterocycles. The van der Waals surface area contributed by atoms with Crippen LogP contribution in [0, 0.1) is 5.82 Å². The summed E-state index contributed by atoms with van der Waals surface area (Å²) in [5.74, 6) is 1.18. The summed E-state index contributed by atoms with van der Waals surface area (Å²) >= 11 is 1.70. The van der Waals surface area contributed by atoms with Crippen molar-refractivity contribution in [3.05, 3.63) is 35.6 Å². The van der Waals surface area contributed by atoms with E-state index in [4.69, 9.17) is 0 Å². The van der Waals surface area contributed by atoms with Crippen molar-refractivity contribution in [2.75, 3.05) is 18.1 Å². The molecule has 0 aromatic heterocycles. The summed E-state index contributed by atoms with van der Waals surface area (Å²) in [6.45, 7) is 2.20. The second kappa shape index (κ2) is 6.59. The van der Waals surface area contributed by atoms with Crippen LogP contribution in [0.5, 0.6) is 0 Å². The van der Waals surface area contributed by atoms with E-state index in [-0.39, 0.29) is 17.6 Å². The van der Waals surface area contributed by atoms with Crippen molar-refractivity contribution in [1.29, 1.82) is 0 Å². The molecule has 1 aliphatic rings. The fourth-order valence-corrected chi connectivity index (χ4v) is 3.58. The summed E-state index contributed by atoms with van der Waals surface area (Å²) in [6.07, 6.45) is 1.02. The molecule has 2 unspecified atom stereocenters. The summed E-state index contributed by atoms with van der Waals surface area (Å²) in [5.41, 5.74) is 0.0536. The minimum absolute atomic E-state index is 0.0432. The number of carbonyl (C=O) groups excluding carboxylic acids is 1. The highest BCUT2D eigenvalue weighted by atomic mass is 32.2. The third-order valence-corrected chi connectivity index (χ3v) is 4.84. The Balaban J connectivity index is 1.82. The average molecular weight is 297 g/mol. The Morgan fingerprint density at radius 3 is 3.05 bits per heavy atom. The summed E-state index contributed by atoms with van der Waals surface area (Å²) in [4.78, 5) is 11.9. The van der Waals surface area contributed by atoms with E-state index in [9.17, 15) is 14.3 Å². The molecule has 1 aromatic carbocycles. The predicted octanol–water partition coefficient (Wildman–Crippen LogP) is 2.30. The first-order chi connectivity index (χ1) is 9.48.